The Balaban J connectivity index is 1.88. The number of halogens is 2. The molecule has 0 aliphatic heterocycles. The third-order valence-corrected chi connectivity index (χ3v) is 5.09. The average molecular weight is 419 g/mol. The van der Waals surface area contributed by atoms with Gasteiger partial charge in [0.15, 0.2) is 0 Å². The Bertz CT molecular complexity index is 1050. The molecule has 152 valence electrons. The summed E-state index contributed by atoms with van der Waals surface area (Å²) in [5.41, 5.74) is 0.484. The molecular weight excluding hydrogens is 399 g/mol. The molecule has 1 unspecified atom stereocenters. The van der Waals surface area contributed by atoms with E-state index < -0.39 is 22.9 Å². The fourth-order valence-electron chi connectivity index (χ4n) is 3.13. The molecule has 6 nitrogen and oxygen atoms in total. The maximum absolute atomic E-state index is 14.5. The van der Waals surface area contributed by atoms with Crippen LogP contribution < -0.4 is 5.56 Å². The highest BCUT2D eigenvalue weighted by Crippen LogP contribution is 2.32. The van der Waals surface area contributed by atoms with Crippen molar-refractivity contribution in [2.75, 3.05) is 7.11 Å². The summed E-state index contributed by atoms with van der Waals surface area (Å²) in [6.07, 6.45) is 5.38. The van der Waals surface area contributed by atoms with Gasteiger partial charge in [-0.15, -0.1) is 0 Å². The van der Waals surface area contributed by atoms with Crippen LogP contribution in [-0.4, -0.2) is 33.8 Å². The summed E-state index contributed by atoms with van der Waals surface area (Å²) < 4.78 is 20.5. The second kappa shape index (κ2) is 8.71. The zero-order valence-electron chi connectivity index (χ0n) is 15.8. The van der Waals surface area contributed by atoms with Gasteiger partial charge >= 0.3 is 5.97 Å². The number of benzene rings is 1. The van der Waals surface area contributed by atoms with Crippen molar-refractivity contribution in [2.45, 2.75) is 31.7 Å². The van der Waals surface area contributed by atoms with E-state index in [2.05, 4.69) is 5.10 Å². The number of alkyl halides is 1. The minimum Gasteiger partial charge on any atom is -0.477 e. The minimum absolute atomic E-state index is 0.135. The summed E-state index contributed by atoms with van der Waals surface area (Å²) >= 11 is 6.15. The Morgan fingerprint density at radius 3 is 2.86 bits per heavy atom. The summed E-state index contributed by atoms with van der Waals surface area (Å²) in [5, 5.41) is 14.3. The summed E-state index contributed by atoms with van der Waals surface area (Å²) in [7, 11) is 1.25. The third kappa shape index (κ3) is 4.81. The molecule has 29 heavy (non-hydrogen) atoms. The van der Waals surface area contributed by atoms with Crippen molar-refractivity contribution in [3.05, 3.63) is 80.8 Å². The molecule has 8 heteroatoms. The number of methoxy groups -OCH3 is 1. The molecule has 0 spiro atoms. The molecule has 1 aliphatic rings. The Kier molecular flexibility index (Phi) is 6.30. The first kappa shape index (κ1) is 21.0. The van der Waals surface area contributed by atoms with Crippen molar-refractivity contribution < 1.29 is 19.0 Å². The molecule has 0 bridgehead atoms. The average Bonchev–Trinajstić information content (AvgIpc) is 2.70. The SMILES string of the molecule is COC1(F)C=CC=C(c2cc(C(=O)O)c(=O)n(CCCc3ccccc3Cl)n2)C1. The monoisotopic (exact) mass is 418 g/mol. The van der Waals surface area contributed by atoms with Crippen LogP contribution in [0.3, 0.4) is 0 Å². The Labute approximate surface area is 171 Å². The summed E-state index contributed by atoms with van der Waals surface area (Å²) in [6.45, 7) is 0.201. The van der Waals surface area contributed by atoms with Gasteiger partial charge in [-0.1, -0.05) is 42.0 Å². The number of aryl methyl sites for hydroxylation is 2. The third-order valence-electron chi connectivity index (χ3n) is 4.72. The molecular formula is C21H20ClFN2O4. The van der Waals surface area contributed by atoms with Gasteiger partial charge in [0.2, 0.25) is 5.85 Å². The van der Waals surface area contributed by atoms with E-state index in [1.54, 1.807) is 12.1 Å². The van der Waals surface area contributed by atoms with Crippen LogP contribution in [0.15, 0.2) is 53.4 Å². The maximum Gasteiger partial charge on any atom is 0.341 e. The highest BCUT2D eigenvalue weighted by atomic mass is 35.5. The molecule has 3 rings (SSSR count). The largest absolute Gasteiger partial charge is 0.477 e. The van der Waals surface area contributed by atoms with E-state index in [1.165, 1.54) is 25.3 Å². The van der Waals surface area contributed by atoms with E-state index in [0.29, 0.717) is 23.4 Å². The molecule has 1 atom stereocenters. The van der Waals surface area contributed by atoms with Crippen LogP contribution in [0.2, 0.25) is 5.02 Å². The van der Waals surface area contributed by atoms with Gasteiger partial charge in [-0.05, 0) is 42.2 Å². The van der Waals surface area contributed by atoms with E-state index in [-0.39, 0.29) is 18.7 Å². The van der Waals surface area contributed by atoms with Crippen molar-refractivity contribution in [2.24, 2.45) is 0 Å². The Morgan fingerprint density at radius 1 is 1.41 bits per heavy atom. The molecule has 0 radical (unpaired) electrons. The standard InChI is InChI=1S/C21H20ClFN2O4/c1-29-21(23)10-4-7-15(13-21)18-12-16(20(27)28)19(26)25(24-18)11-5-8-14-6-2-3-9-17(14)22/h2-4,6-7,9-10,12H,5,8,11,13H2,1H3,(H,27,28). The lowest BCUT2D eigenvalue weighted by atomic mass is 9.97. The first-order valence-electron chi connectivity index (χ1n) is 9.05. The quantitative estimate of drug-likeness (QED) is 0.737. The van der Waals surface area contributed by atoms with Crippen LogP contribution in [0, 0.1) is 0 Å². The zero-order valence-corrected chi connectivity index (χ0v) is 16.5. The van der Waals surface area contributed by atoms with E-state index >= 15 is 0 Å². The van der Waals surface area contributed by atoms with E-state index in [9.17, 15) is 19.1 Å². The lowest BCUT2D eigenvalue weighted by molar-refractivity contribution is -0.0748. The molecule has 0 saturated heterocycles. The van der Waals surface area contributed by atoms with Crippen LogP contribution in [0.1, 0.15) is 34.5 Å². The van der Waals surface area contributed by atoms with Gasteiger partial charge in [0, 0.05) is 25.1 Å². The Hall–Kier alpha value is -2.77. The minimum atomic E-state index is -2.00. The van der Waals surface area contributed by atoms with Crippen LogP contribution in [-0.2, 0) is 17.7 Å². The van der Waals surface area contributed by atoms with Gasteiger partial charge in [-0.3, -0.25) is 4.79 Å². The number of ether oxygens (including phenoxy) is 1. The smallest absolute Gasteiger partial charge is 0.341 e. The maximum atomic E-state index is 14.5. The molecule has 1 heterocycles. The second-order valence-electron chi connectivity index (χ2n) is 6.69. The number of hydrogen-bond donors (Lipinski definition) is 1. The number of hydrogen-bond acceptors (Lipinski definition) is 4. The van der Waals surface area contributed by atoms with Gasteiger partial charge in [-0.25, -0.2) is 13.9 Å². The predicted octanol–water partition coefficient (Wildman–Crippen LogP) is 3.88. The lowest BCUT2D eigenvalue weighted by Gasteiger charge is -2.24. The second-order valence-corrected chi connectivity index (χ2v) is 7.10. The Morgan fingerprint density at radius 2 is 2.17 bits per heavy atom. The summed E-state index contributed by atoms with van der Waals surface area (Å²) in [6, 6.07) is 8.56. The lowest BCUT2D eigenvalue weighted by Crippen LogP contribution is -2.31. The normalized spacial score (nSPS) is 18.5. The number of nitrogens with zero attached hydrogens (tertiary/aromatic N) is 2. The fraction of sp³-hybridized carbons (Fsp3) is 0.286. The summed E-state index contributed by atoms with van der Waals surface area (Å²) in [4.78, 5) is 24.0. The van der Waals surface area contributed by atoms with Crippen LogP contribution >= 0.6 is 11.6 Å². The van der Waals surface area contributed by atoms with Gasteiger partial charge in [0.1, 0.15) is 5.56 Å². The van der Waals surface area contributed by atoms with Crippen LogP contribution in [0.25, 0.3) is 5.57 Å². The molecule has 0 amide bonds. The number of rotatable bonds is 7. The van der Waals surface area contributed by atoms with Crippen molar-refractivity contribution in [3.63, 3.8) is 0 Å². The molecule has 1 aromatic carbocycles. The van der Waals surface area contributed by atoms with Gasteiger partial charge in [0.25, 0.3) is 5.56 Å². The van der Waals surface area contributed by atoms with E-state index in [0.717, 1.165) is 10.2 Å². The summed E-state index contributed by atoms with van der Waals surface area (Å²) in [5.74, 6) is -3.36. The molecule has 0 saturated carbocycles. The van der Waals surface area contributed by atoms with Crippen molar-refractivity contribution in [1.82, 2.24) is 9.78 Å². The zero-order chi connectivity index (χ0) is 21.0. The van der Waals surface area contributed by atoms with Crippen LogP contribution in [0.4, 0.5) is 4.39 Å². The van der Waals surface area contributed by atoms with Crippen molar-refractivity contribution >= 4 is 23.1 Å². The number of carboxylic acids is 1. The number of aromatic carboxylic acids is 1. The van der Waals surface area contributed by atoms with Gasteiger partial charge in [-0.2, -0.15) is 5.10 Å². The van der Waals surface area contributed by atoms with Crippen molar-refractivity contribution in [1.29, 1.82) is 0 Å². The highest BCUT2D eigenvalue weighted by Gasteiger charge is 2.31. The fourth-order valence-corrected chi connectivity index (χ4v) is 3.36. The van der Waals surface area contributed by atoms with E-state index in [4.69, 9.17) is 16.3 Å². The number of allylic oxidation sites excluding steroid dienone is 2. The first-order chi connectivity index (χ1) is 13.8. The molecule has 2 aromatic rings. The van der Waals surface area contributed by atoms with Gasteiger partial charge < -0.3 is 9.84 Å². The van der Waals surface area contributed by atoms with Crippen molar-refractivity contribution in [3.8, 4) is 0 Å². The highest BCUT2D eigenvalue weighted by molar-refractivity contribution is 6.31. The van der Waals surface area contributed by atoms with E-state index in [1.807, 2.05) is 18.2 Å². The molecule has 1 aliphatic carbocycles. The number of carboxylic acid groups (broad SMARTS) is 1. The van der Waals surface area contributed by atoms with Gasteiger partial charge in [0.05, 0.1) is 5.69 Å². The molecule has 1 aromatic heterocycles. The number of aromatic nitrogens is 2. The molecule has 1 N–H and O–H groups in total. The predicted molar refractivity (Wildman–Crippen MR) is 108 cm³/mol. The topological polar surface area (TPSA) is 81.4 Å². The number of carbonyl (C=O) groups is 1. The molecule has 0 fully saturated rings. The van der Waals surface area contributed by atoms with Crippen LogP contribution in [0.5, 0.6) is 0 Å². The first-order valence-corrected chi connectivity index (χ1v) is 9.42.